The van der Waals surface area contributed by atoms with Gasteiger partial charge in [0.05, 0.1) is 17.0 Å². The van der Waals surface area contributed by atoms with Crippen molar-refractivity contribution in [2.75, 3.05) is 7.05 Å². The van der Waals surface area contributed by atoms with Crippen LogP contribution < -0.4 is 5.76 Å². The molecule has 2 aromatic heterocycles. The van der Waals surface area contributed by atoms with Gasteiger partial charge in [0.25, 0.3) is 0 Å². The summed E-state index contributed by atoms with van der Waals surface area (Å²) in [5.41, 5.74) is 0.731. The first kappa shape index (κ1) is 16.4. The lowest BCUT2D eigenvalue weighted by molar-refractivity contribution is 0.334. The Hall–Kier alpha value is -2.46. The molecule has 10 heteroatoms. The molecule has 3 rings (SSSR count). The van der Waals surface area contributed by atoms with Gasteiger partial charge < -0.3 is 8.94 Å². The SMILES string of the molecule is CCc1noc(CN(C)S(=O)(=O)c2ccc3c(c2)oc(=O)n3C)n1. The minimum absolute atomic E-state index is 0.0158. The summed E-state index contributed by atoms with van der Waals surface area (Å²) in [7, 11) is -0.831. The average Bonchev–Trinajstić information content (AvgIpc) is 3.12. The molecule has 0 unspecified atom stereocenters. The van der Waals surface area contributed by atoms with Gasteiger partial charge in [-0.3, -0.25) is 4.57 Å². The molecule has 0 N–H and O–H groups in total. The Kier molecular flexibility index (Phi) is 4.01. The van der Waals surface area contributed by atoms with Crippen molar-refractivity contribution in [2.24, 2.45) is 7.05 Å². The molecule has 0 radical (unpaired) electrons. The normalized spacial score (nSPS) is 12.3. The molecule has 0 fully saturated rings. The van der Waals surface area contributed by atoms with Crippen LogP contribution in [0.1, 0.15) is 18.6 Å². The second-order valence-corrected chi connectivity index (χ2v) is 7.32. The molecule has 0 bridgehead atoms. The first-order valence-electron chi connectivity index (χ1n) is 7.20. The van der Waals surface area contributed by atoms with Crippen molar-refractivity contribution >= 4 is 21.1 Å². The highest BCUT2D eigenvalue weighted by atomic mass is 32.2. The van der Waals surface area contributed by atoms with Crippen LogP contribution in [-0.4, -0.2) is 34.5 Å². The lowest BCUT2D eigenvalue weighted by Crippen LogP contribution is -2.26. The maximum absolute atomic E-state index is 12.7. The fraction of sp³-hybridized carbons (Fsp3) is 0.357. The highest BCUT2D eigenvalue weighted by Crippen LogP contribution is 2.21. The third-order valence-electron chi connectivity index (χ3n) is 3.66. The third kappa shape index (κ3) is 2.74. The van der Waals surface area contributed by atoms with E-state index in [2.05, 4.69) is 10.1 Å². The van der Waals surface area contributed by atoms with E-state index in [9.17, 15) is 13.2 Å². The average molecular weight is 352 g/mol. The number of rotatable bonds is 5. The van der Waals surface area contributed by atoms with E-state index in [1.54, 1.807) is 7.05 Å². The molecule has 0 aliphatic rings. The van der Waals surface area contributed by atoms with E-state index in [4.69, 9.17) is 8.94 Å². The Bertz CT molecular complexity index is 1050. The smallest absolute Gasteiger partial charge is 0.408 e. The quantitative estimate of drug-likeness (QED) is 0.670. The van der Waals surface area contributed by atoms with Crippen LogP contribution in [0.25, 0.3) is 11.1 Å². The van der Waals surface area contributed by atoms with Gasteiger partial charge >= 0.3 is 5.76 Å². The van der Waals surface area contributed by atoms with Crippen LogP contribution in [0.2, 0.25) is 0 Å². The van der Waals surface area contributed by atoms with Gasteiger partial charge in [-0.25, -0.2) is 13.2 Å². The van der Waals surface area contributed by atoms with Crippen molar-refractivity contribution in [1.82, 2.24) is 19.0 Å². The van der Waals surface area contributed by atoms with Crippen LogP contribution >= 0.6 is 0 Å². The van der Waals surface area contributed by atoms with Crippen molar-refractivity contribution in [1.29, 1.82) is 0 Å². The van der Waals surface area contributed by atoms with Crippen LogP contribution in [0.5, 0.6) is 0 Å². The molecule has 0 aliphatic heterocycles. The highest BCUT2D eigenvalue weighted by Gasteiger charge is 2.24. The van der Waals surface area contributed by atoms with Crippen LogP contribution in [0.15, 0.2) is 36.8 Å². The summed E-state index contributed by atoms with van der Waals surface area (Å²) in [5, 5.41) is 3.74. The van der Waals surface area contributed by atoms with Gasteiger partial charge in [0.15, 0.2) is 11.4 Å². The van der Waals surface area contributed by atoms with E-state index in [0.717, 1.165) is 4.31 Å². The molecule has 3 aromatic rings. The van der Waals surface area contributed by atoms with Crippen LogP contribution in [-0.2, 0) is 30.0 Å². The molecule has 0 atom stereocenters. The number of aromatic nitrogens is 3. The number of nitrogens with zero attached hydrogens (tertiary/aromatic N) is 4. The molecule has 0 saturated heterocycles. The van der Waals surface area contributed by atoms with Crippen molar-refractivity contribution in [2.45, 2.75) is 24.8 Å². The van der Waals surface area contributed by atoms with Gasteiger partial charge in [0, 0.05) is 26.6 Å². The molecule has 0 saturated carbocycles. The molecule has 0 spiro atoms. The predicted molar refractivity (Wildman–Crippen MR) is 83.8 cm³/mol. The van der Waals surface area contributed by atoms with Crippen molar-refractivity contribution in [3.63, 3.8) is 0 Å². The monoisotopic (exact) mass is 352 g/mol. The van der Waals surface area contributed by atoms with Crippen LogP contribution in [0.3, 0.4) is 0 Å². The number of oxazole rings is 1. The Morgan fingerprint density at radius 2 is 2.08 bits per heavy atom. The van der Waals surface area contributed by atoms with Gasteiger partial charge in [-0.1, -0.05) is 12.1 Å². The number of sulfonamides is 1. The topological polar surface area (TPSA) is 111 Å². The van der Waals surface area contributed by atoms with Gasteiger partial charge in [0.1, 0.15) is 0 Å². The zero-order valence-electron chi connectivity index (χ0n) is 13.4. The molecule has 24 heavy (non-hydrogen) atoms. The van der Waals surface area contributed by atoms with Crippen molar-refractivity contribution < 1.29 is 17.4 Å². The van der Waals surface area contributed by atoms with Crippen LogP contribution in [0, 0.1) is 0 Å². The van der Waals surface area contributed by atoms with E-state index in [1.807, 2.05) is 6.92 Å². The summed E-state index contributed by atoms with van der Waals surface area (Å²) in [6, 6.07) is 4.28. The second-order valence-electron chi connectivity index (χ2n) is 5.28. The van der Waals surface area contributed by atoms with Crippen LogP contribution in [0.4, 0.5) is 0 Å². The number of hydrogen-bond acceptors (Lipinski definition) is 7. The van der Waals surface area contributed by atoms with E-state index in [0.29, 0.717) is 17.8 Å². The van der Waals surface area contributed by atoms with Crippen molar-refractivity contribution in [3.05, 3.63) is 40.5 Å². The number of hydrogen-bond donors (Lipinski definition) is 0. The Balaban J connectivity index is 1.92. The van der Waals surface area contributed by atoms with E-state index in [-0.39, 0.29) is 22.9 Å². The zero-order valence-corrected chi connectivity index (χ0v) is 14.2. The second kappa shape index (κ2) is 5.87. The molecule has 2 heterocycles. The van der Waals surface area contributed by atoms with Gasteiger partial charge in [-0.05, 0) is 12.1 Å². The first-order chi connectivity index (χ1) is 11.3. The van der Waals surface area contributed by atoms with Gasteiger partial charge in [0.2, 0.25) is 15.9 Å². The summed E-state index contributed by atoms with van der Waals surface area (Å²) in [4.78, 5) is 15.6. The fourth-order valence-corrected chi connectivity index (χ4v) is 3.36. The largest absolute Gasteiger partial charge is 0.419 e. The predicted octanol–water partition coefficient (Wildman–Crippen LogP) is 0.898. The number of benzene rings is 1. The summed E-state index contributed by atoms with van der Waals surface area (Å²) in [5.74, 6) is 0.180. The Morgan fingerprint density at radius 3 is 2.75 bits per heavy atom. The van der Waals surface area contributed by atoms with E-state index < -0.39 is 15.8 Å². The third-order valence-corrected chi connectivity index (χ3v) is 5.46. The minimum atomic E-state index is -3.80. The minimum Gasteiger partial charge on any atom is -0.408 e. The Labute approximate surface area is 137 Å². The first-order valence-corrected chi connectivity index (χ1v) is 8.64. The molecule has 9 nitrogen and oxygen atoms in total. The summed E-state index contributed by atoms with van der Waals surface area (Å²) < 4.78 is 37.8. The molecular weight excluding hydrogens is 336 g/mol. The number of aryl methyl sites for hydroxylation is 2. The summed E-state index contributed by atoms with van der Waals surface area (Å²) in [6.45, 7) is 1.82. The maximum atomic E-state index is 12.7. The lowest BCUT2D eigenvalue weighted by Gasteiger charge is -2.14. The Morgan fingerprint density at radius 1 is 1.33 bits per heavy atom. The van der Waals surface area contributed by atoms with Gasteiger partial charge in [-0.2, -0.15) is 9.29 Å². The molecule has 1 aromatic carbocycles. The molecule has 0 aliphatic carbocycles. The number of fused-ring (bicyclic) bond motifs is 1. The van der Waals surface area contributed by atoms with E-state index >= 15 is 0 Å². The summed E-state index contributed by atoms with van der Waals surface area (Å²) >= 11 is 0. The fourth-order valence-electron chi connectivity index (χ4n) is 2.23. The van der Waals surface area contributed by atoms with Crippen molar-refractivity contribution in [3.8, 4) is 0 Å². The summed E-state index contributed by atoms with van der Waals surface area (Å²) in [6.07, 6.45) is 0.601. The lowest BCUT2D eigenvalue weighted by atomic mass is 10.3. The molecule has 0 amide bonds. The zero-order chi connectivity index (χ0) is 17.5. The highest BCUT2D eigenvalue weighted by molar-refractivity contribution is 7.89. The van der Waals surface area contributed by atoms with Gasteiger partial charge in [-0.15, -0.1) is 0 Å². The molecule has 128 valence electrons. The molecular formula is C14H16N4O5S. The standard InChI is InChI=1S/C14H16N4O5S/c1-4-12-15-13(23-16-12)8-17(2)24(20,21)9-5-6-10-11(7-9)22-14(19)18(10)3/h5-7H,4,8H2,1-3H3. The maximum Gasteiger partial charge on any atom is 0.419 e. The van der Waals surface area contributed by atoms with E-state index in [1.165, 1.54) is 29.8 Å².